The van der Waals surface area contributed by atoms with Gasteiger partial charge in [0.1, 0.15) is 5.75 Å². The van der Waals surface area contributed by atoms with Crippen molar-refractivity contribution in [2.75, 3.05) is 20.2 Å². The molecule has 0 aliphatic carbocycles. The van der Waals surface area contributed by atoms with E-state index in [9.17, 15) is 4.79 Å². The molecule has 6 heteroatoms. The summed E-state index contributed by atoms with van der Waals surface area (Å²) in [6, 6.07) is 15.8. The molecule has 0 N–H and O–H groups in total. The molecular formula is C24H28ClN3O2. The summed E-state index contributed by atoms with van der Waals surface area (Å²) in [6.07, 6.45) is 4.14. The molecule has 5 nitrogen and oxygen atoms in total. The van der Waals surface area contributed by atoms with E-state index in [0.717, 1.165) is 42.0 Å². The predicted molar refractivity (Wildman–Crippen MR) is 120 cm³/mol. The van der Waals surface area contributed by atoms with Gasteiger partial charge in [-0.15, -0.1) is 0 Å². The lowest BCUT2D eigenvalue weighted by atomic mass is 9.98. The van der Waals surface area contributed by atoms with Gasteiger partial charge in [-0.3, -0.25) is 9.69 Å². The number of benzene rings is 2. The number of hydrogen-bond donors (Lipinski definition) is 0. The minimum atomic E-state index is -0.201. The van der Waals surface area contributed by atoms with Crippen LogP contribution in [0.4, 0.5) is 0 Å². The Labute approximate surface area is 183 Å². The highest BCUT2D eigenvalue weighted by Crippen LogP contribution is 2.37. The summed E-state index contributed by atoms with van der Waals surface area (Å²) in [5, 5.41) is 7.09. The molecule has 2 atom stereocenters. The summed E-state index contributed by atoms with van der Waals surface area (Å²) in [4.78, 5) is 15.6. The number of piperidine rings is 1. The van der Waals surface area contributed by atoms with Crippen LogP contribution in [0.1, 0.15) is 49.8 Å². The Morgan fingerprint density at radius 2 is 2.03 bits per heavy atom. The highest BCUT2D eigenvalue weighted by Gasteiger charge is 2.35. The number of amides is 1. The van der Waals surface area contributed by atoms with E-state index < -0.39 is 0 Å². The van der Waals surface area contributed by atoms with Crippen LogP contribution in [-0.4, -0.2) is 47.8 Å². The molecule has 2 aliphatic rings. The Morgan fingerprint density at radius 3 is 2.80 bits per heavy atom. The topological polar surface area (TPSA) is 45.1 Å². The number of methoxy groups -OCH3 is 1. The van der Waals surface area contributed by atoms with Crippen molar-refractivity contribution in [2.45, 2.75) is 44.7 Å². The third-order valence-corrected chi connectivity index (χ3v) is 6.46. The van der Waals surface area contributed by atoms with E-state index in [1.54, 1.807) is 12.1 Å². The minimum absolute atomic E-state index is 0.0200. The molecule has 0 aromatic heterocycles. The van der Waals surface area contributed by atoms with Crippen LogP contribution in [0.5, 0.6) is 5.75 Å². The number of nitrogens with zero attached hydrogens (tertiary/aromatic N) is 3. The van der Waals surface area contributed by atoms with Gasteiger partial charge < -0.3 is 4.74 Å². The highest BCUT2D eigenvalue weighted by atomic mass is 35.5. The van der Waals surface area contributed by atoms with Gasteiger partial charge in [0.05, 0.1) is 25.4 Å². The van der Waals surface area contributed by atoms with Gasteiger partial charge in [0.15, 0.2) is 0 Å². The Hall–Kier alpha value is -2.37. The van der Waals surface area contributed by atoms with Crippen molar-refractivity contribution in [3.8, 4) is 5.75 Å². The molecule has 0 saturated carbocycles. The molecule has 30 heavy (non-hydrogen) atoms. The van der Waals surface area contributed by atoms with E-state index in [4.69, 9.17) is 21.4 Å². The summed E-state index contributed by atoms with van der Waals surface area (Å²) < 4.78 is 5.37. The first-order valence-corrected chi connectivity index (χ1v) is 11.0. The Bertz CT molecular complexity index is 946. The van der Waals surface area contributed by atoms with Gasteiger partial charge in [-0.25, -0.2) is 5.01 Å². The Morgan fingerprint density at radius 1 is 1.20 bits per heavy atom. The first-order valence-electron chi connectivity index (χ1n) is 10.6. The maximum atomic E-state index is 13.4. The molecule has 2 unspecified atom stereocenters. The highest BCUT2D eigenvalue weighted by molar-refractivity contribution is 6.31. The third kappa shape index (κ3) is 4.37. The van der Waals surface area contributed by atoms with Crippen LogP contribution in [0.25, 0.3) is 0 Å². The molecule has 4 rings (SSSR count). The van der Waals surface area contributed by atoms with Crippen LogP contribution in [0.3, 0.4) is 0 Å². The first kappa shape index (κ1) is 20.9. The Balaban J connectivity index is 1.64. The summed E-state index contributed by atoms with van der Waals surface area (Å²) in [5.74, 6) is 0.794. The zero-order chi connectivity index (χ0) is 21.1. The van der Waals surface area contributed by atoms with Crippen LogP contribution in [0.15, 0.2) is 53.6 Å². The van der Waals surface area contributed by atoms with E-state index in [1.165, 1.54) is 6.42 Å². The first-order chi connectivity index (χ1) is 14.6. The average molecular weight is 426 g/mol. The molecule has 1 amide bonds. The second-order valence-electron chi connectivity index (χ2n) is 8.07. The molecule has 2 aromatic rings. The lowest BCUT2D eigenvalue weighted by Crippen LogP contribution is -2.44. The summed E-state index contributed by atoms with van der Waals surface area (Å²) in [7, 11) is 1.65. The van der Waals surface area contributed by atoms with Crippen molar-refractivity contribution in [2.24, 2.45) is 5.10 Å². The average Bonchev–Trinajstić information content (AvgIpc) is 3.21. The van der Waals surface area contributed by atoms with E-state index in [2.05, 4.69) is 11.8 Å². The lowest BCUT2D eigenvalue weighted by molar-refractivity contribution is -0.135. The maximum Gasteiger partial charge on any atom is 0.257 e. The second kappa shape index (κ2) is 9.19. The fraction of sp³-hybridized carbons (Fsp3) is 0.417. The number of hydrogen-bond acceptors (Lipinski definition) is 4. The van der Waals surface area contributed by atoms with Gasteiger partial charge in [-0.1, -0.05) is 48.4 Å². The minimum Gasteiger partial charge on any atom is -0.497 e. The normalized spacial score (nSPS) is 22.1. The van der Waals surface area contributed by atoms with E-state index in [-0.39, 0.29) is 11.9 Å². The molecule has 2 aromatic carbocycles. The molecule has 2 aliphatic heterocycles. The monoisotopic (exact) mass is 425 g/mol. The third-order valence-electron chi connectivity index (χ3n) is 6.11. The lowest BCUT2D eigenvalue weighted by Gasteiger charge is -2.34. The van der Waals surface area contributed by atoms with Crippen molar-refractivity contribution in [1.82, 2.24) is 9.91 Å². The van der Waals surface area contributed by atoms with Crippen molar-refractivity contribution in [1.29, 1.82) is 0 Å². The zero-order valence-corrected chi connectivity index (χ0v) is 18.3. The fourth-order valence-electron chi connectivity index (χ4n) is 4.34. The SMILES string of the molecule is COc1cccc(C2=NN(C(=O)CN3CCCCC3C)C(c3ccccc3Cl)C2)c1. The summed E-state index contributed by atoms with van der Waals surface area (Å²) in [6.45, 7) is 3.55. The van der Waals surface area contributed by atoms with Crippen LogP contribution in [-0.2, 0) is 4.79 Å². The van der Waals surface area contributed by atoms with Crippen molar-refractivity contribution >= 4 is 23.2 Å². The molecule has 0 spiro atoms. The second-order valence-corrected chi connectivity index (χ2v) is 8.48. The smallest absolute Gasteiger partial charge is 0.257 e. The van der Waals surface area contributed by atoms with Crippen LogP contribution in [0, 0.1) is 0 Å². The standard InChI is InChI=1S/C24H28ClN3O2/c1-17-8-5-6-13-27(17)16-24(29)28-23(20-11-3-4-12-21(20)25)15-22(26-28)18-9-7-10-19(14-18)30-2/h3-4,7,9-12,14,17,23H,5-6,8,13,15-16H2,1-2H3. The predicted octanol–water partition coefficient (Wildman–Crippen LogP) is 4.90. The van der Waals surface area contributed by atoms with Gasteiger partial charge in [0.2, 0.25) is 0 Å². The van der Waals surface area contributed by atoms with Gasteiger partial charge in [-0.2, -0.15) is 5.10 Å². The number of likely N-dealkylation sites (tertiary alicyclic amines) is 1. The van der Waals surface area contributed by atoms with Gasteiger partial charge in [0, 0.05) is 23.0 Å². The van der Waals surface area contributed by atoms with Crippen LogP contribution in [0.2, 0.25) is 5.02 Å². The molecule has 2 heterocycles. The number of halogens is 1. The number of rotatable bonds is 5. The van der Waals surface area contributed by atoms with Crippen molar-refractivity contribution in [3.05, 3.63) is 64.7 Å². The van der Waals surface area contributed by atoms with Crippen LogP contribution >= 0.6 is 11.6 Å². The summed E-state index contributed by atoms with van der Waals surface area (Å²) in [5.41, 5.74) is 2.77. The molecule has 1 fully saturated rings. The van der Waals surface area contributed by atoms with Gasteiger partial charge >= 0.3 is 0 Å². The van der Waals surface area contributed by atoms with Gasteiger partial charge in [0.25, 0.3) is 5.91 Å². The Kier molecular flexibility index (Phi) is 6.40. The van der Waals surface area contributed by atoms with E-state index in [1.807, 2.05) is 48.5 Å². The van der Waals surface area contributed by atoms with Crippen molar-refractivity contribution in [3.63, 3.8) is 0 Å². The largest absolute Gasteiger partial charge is 0.497 e. The number of hydrazone groups is 1. The maximum absolute atomic E-state index is 13.4. The molecule has 1 saturated heterocycles. The van der Waals surface area contributed by atoms with Crippen LogP contribution < -0.4 is 4.74 Å². The number of ether oxygens (including phenoxy) is 1. The number of carbonyl (C=O) groups is 1. The fourth-order valence-corrected chi connectivity index (χ4v) is 4.61. The molecular weight excluding hydrogens is 398 g/mol. The molecule has 0 radical (unpaired) electrons. The quantitative estimate of drug-likeness (QED) is 0.684. The van der Waals surface area contributed by atoms with E-state index in [0.29, 0.717) is 24.0 Å². The van der Waals surface area contributed by atoms with Gasteiger partial charge in [-0.05, 0) is 50.1 Å². The number of carbonyl (C=O) groups excluding carboxylic acids is 1. The molecule has 0 bridgehead atoms. The van der Waals surface area contributed by atoms with E-state index >= 15 is 0 Å². The van der Waals surface area contributed by atoms with Crippen molar-refractivity contribution < 1.29 is 9.53 Å². The molecule has 158 valence electrons. The zero-order valence-electron chi connectivity index (χ0n) is 17.6. The summed E-state index contributed by atoms with van der Waals surface area (Å²) >= 11 is 6.51.